The normalized spacial score (nSPS) is 11.4. The molecule has 3 heteroatoms. The van der Waals surface area contributed by atoms with Gasteiger partial charge in [-0.25, -0.2) is 0 Å². The van der Waals surface area contributed by atoms with Crippen molar-refractivity contribution < 1.29 is 4.79 Å². The van der Waals surface area contributed by atoms with Crippen molar-refractivity contribution in [2.45, 2.75) is 6.92 Å². The van der Waals surface area contributed by atoms with Crippen LogP contribution in [-0.4, -0.2) is 11.1 Å². The molecular weight excluding hydrogens is 431 g/mol. The van der Waals surface area contributed by atoms with Gasteiger partial charge in [0.1, 0.15) is 0 Å². The SMILES string of the molecule is CC(C(=O)/C=C/c1ccc(Cl)cc1)=P(c1ccccc1)(c1ccccc1)c1ccccc1. The molecule has 158 valence electrons. The van der Waals surface area contributed by atoms with Crippen LogP contribution in [0.3, 0.4) is 0 Å². The van der Waals surface area contributed by atoms with Gasteiger partial charge in [0.15, 0.2) is 5.78 Å². The molecule has 0 amide bonds. The second-order valence-electron chi connectivity index (χ2n) is 7.51. The van der Waals surface area contributed by atoms with Crippen LogP contribution in [0, 0.1) is 0 Å². The van der Waals surface area contributed by atoms with Crippen LogP contribution < -0.4 is 15.9 Å². The topological polar surface area (TPSA) is 17.1 Å². The quantitative estimate of drug-likeness (QED) is 0.254. The fourth-order valence-electron chi connectivity index (χ4n) is 4.01. The lowest BCUT2D eigenvalue weighted by Crippen LogP contribution is -2.31. The third-order valence-electron chi connectivity index (χ3n) is 5.59. The van der Waals surface area contributed by atoms with Crippen molar-refractivity contribution in [1.29, 1.82) is 0 Å². The smallest absolute Gasteiger partial charge is 0.182 e. The van der Waals surface area contributed by atoms with Gasteiger partial charge in [-0.3, -0.25) is 4.79 Å². The van der Waals surface area contributed by atoms with E-state index < -0.39 is 6.89 Å². The van der Waals surface area contributed by atoms with E-state index in [0.717, 1.165) is 10.9 Å². The lowest BCUT2D eigenvalue weighted by atomic mass is 10.2. The summed E-state index contributed by atoms with van der Waals surface area (Å²) in [6.45, 7) is -0.339. The van der Waals surface area contributed by atoms with Gasteiger partial charge in [0.2, 0.25) is 0 Å². The number of carbonyl (C=O) groups is 1. The van der Waals surface area contributed by atoms with Crippen LogP contribution in [0.1, 0.15) is 12.5 Å². The van der Waals surface area contributed by atoms with Gasteiger partial charge in [-0.2, -0.15) is 0 Å². The van der Waals surface area contributed by atoms with Crippen molar-refractivity contribution >= 4 is 51.6 Å². The Morgan fingerprint density at radius 2 is 1.06 bits per heavy atom. The molecule has 0 unspecified atom stereocenters. The third kappa shape index (κ3) is 4.41. The Kier molecular flexibility index (Phi) is 6.90. The van der Waals surface area contributed by atoms with Crippen LogP contribution in [0.25, 0.3) is 6.08 Å². The van der Waals surface area contributed by atoms with Gasteiger partial charge in [0.05, 0.1) is 0 Å². The number of hydrogen-bond donors (Lipinski definition) is 0. The van der Waals surface area contributed by atoms with Gasteiger partial charge in [-0.05, 0) is 53.5 Å². The summed E-state index contributed by atoms with van der Waals surface area (Å²) < 4.78 is 0. The second-order valence-corrected chi connectivity index (χ2v) is 11.5. The molecule has 0 atom stereocenters. The minimum Gasteiger partial charge on any atom is -0.290 e. The van der Waals surface area contributed by atoms with Crippen LogP contribution in [0.2, 0.25) is 5.02 Å². The molecule has 0 aliphatic rings. The minimum atomic E-state index is -2.33. The minimum absolute atomic E-state index is 0.0323. The van der Waals surface area contributed by atoms with E-state index >= 15 is 0 Å². The van der Waals surface area contributed by atoms with E-state index in [9.17, 15) is 4.79 Å². The van der Waals surface area contributed by atoms with Crippen LogP contribution in [-0.2, 0) is 4.79 Å². The number of benzene rings is 4. The summed E-state index contributed by atoms with van der Waals surface area (Å²) in [5.74, 6) is 0.0323. The van der Waals surface area contributed by atoms with Crippen LogP contribution in [0.4, 0.5) is 0 Å². The monoisotopic (exact) mass is 454 g/mol. The molecule has 0 radical (unpaired) electrons. The predicted octanol–water partition coefficient (Wildman–Crippen LogP) is 6.11. The number of hydrogen-bond acceptors (Lipinski definition) is 1. The molecule has 0 aromatic heterocycles. The molecule has 0 saturated carbocycles. The summed E-state index contributed by atoms with van der Waals surface area (Å²) in [5.41, 5.74) is 0.943. The standard InChI is InChI=1S/C29H24ClOP/c1-23(29(31)22-19-24-17-20-25(30)21-18-24)32(26-11-5-2-6-12-26,27-13-7-3-8-14-27)28-15-9-4-10-16-28/h2-22H,1H3/b22-19+. The highest BCUT2D eigenvalue weighted by molar-refractivity contribution is 7.96. The lowest BCUT2D eigenvalue weighted by molar-refractivity contribution is -0.108. The summed E-state index contributed by atoms with van der Waals surface area (Å²) in [6, 6.07) is 38.7. The molecule has 4 rings (SSSR count). The first-order valence-electron chi connectivity index (χ1n) is 10.5. The molecule has 0 aliphatic carbocycles. The van der Waals surface area contributed by atoms with E-state index in [1.807, 2.05) is 55.5 Å². The van der Waals surface area contributed by atoms with Crippen molar-refractivity contribution in [3.05, 3.63) is 132 Å². The van der Waals surface area contributed by atoms with Crippen molar-refractivity contribution in [2.75, 3.05) is 0 Å². The molecule has 4 aromatic carbocycles. The number of allylic oxidation sites excluding steroid dienone is 1. The van der Waals surface area contributed by atoms with E-state index in [2.05, 4.69) is 72.8 Å². The second kappa shape index (κ2) is 10.0. The van der Waals surface area contributed by atoms with Gasteiger partial charge in [0.25, 0.3) is 0 Å². The van der Waals surface area contributed by atoms with E-state index in [-0.39, 0.29) is 5.78 Å². The molecule has 1 nitrogen and oxygen atoms in total. The molecule has 0 heterocycles. The molecule has 0 aliphatic heterocycles. The average molecular weight is 455 g/mol. The Bertz CT molecular complexity index is 1170. The Labute approximate surface area is 195 Å². The Morgan fingerprint density at radius 3 is 1.47 bits per heavy atom. The molecule has 0 bridgehead atoms. The Hall–Kier alpha value is -3.12. The van der Waals surface area contributed by atoms with Crippen molar-refractivity contribution in [3.8, 4) is 0 Å². The average Bonchev–Trinajstić information content (AvgIpc) is 2.86. The molecule has 0 fully saturated rings. The maximum absolute atomic E-state index is 13.6. The highest BCUT2D eigenvalue weighted by Crippen LogP contribution is 2.46. The fraction of sp³-hybridized carbons (Fsp3) is 0.0345. The van der Waals surface area contributed by atoms with Gasteiger partial charge in [-0.1, -0.05) is 121 Å². The maximum Gasteiger partial charge on any atom is 0.182 e. The molecular formula is C29H24ClOP. The van der Waals surface area contributed by atoms with E-state index in [4.69, 9.17) is 11.6 Å². The van der Waals surface area contributed by atoms with Crippen molar-refractivity contribution in [1.82, 2.24) is 0 Å². The summed E-state index contributed by atoms with van der Waals surface area (Å²) in [4.78, 5) is 13.6. The highest BCUT2D eigenvalue weighted by atomic mass is 35.5. The summed E-state index contributed by atoms with van der Waals surface area (Å²) >= 11 is 6.00. The first-order valence-corrected chi connectivity index (χ1v) is 12.7. The first-order chi connectivity index (χ1) is 15.6. The first kappa shape index (κ1) is 22.1. The Morgan fingerprint density at radius 1 is 0.656 bits per heavy atom. The predicted molar refractivity (Wildman–Crippen MR) is 141 cm³/mol. The van der Waals surface area contributed by atoms with E-state index in [1.54, 1.807) is 6.08 Å². The van der Waals surface area contributed by atoms with Gasteiger partial charge in [0, 0.05) is 10.3 Å². The summed E-state index contributed by atoms with van der Waals surface area (Å²) in [7, 11) is 0. The molecule has 4 aromatic rings. The zero-order valence-electron chi connectivity index (χ0n) is 17.9. The van der Waals surface area contributed by atoms with Gasteiger partial charge >= 0.3 is 0 Å². The van der Waals surface area contributed by atoms with Gasteiger partial charge < -0.3 is 0 Å². The van der Waals surface area contributed by atoms with Gasteiger partial charge in [-0.15, -0.1) is 0 Å². The van der Waals surface area contributed by atoms with E-state index in [0.29, 0.717) is 5.02 Å². The number of rotatable bonds is 6. The lowest BCUT2D eigenvalue weighted by Gasteiger charge is -2.31. The van der Waals surface area contributed by atoms with Crippen molar-refractivity contribution in [2.24, 2.45) is 0 Å². The maximum atomic E-state index is 13.6. The molecule has 0 spiro atoms. The third-order valence-corrected chi connectivity index (χ3v) is 10.3. The molecule has 32 heavy (non-hydrogen) atoms. The number of ketones is 1. The zero-order chi connectivity index (χ0) is 22.4. The fourth-order valence-corrected chi connectivity index (χ4v) is 8.46. The van der Waals surface area contributed by atoms with Crippen LogP contribution in [0.5, 0.6) is 0 Å². The van der Waals surface area contributed by atoms with Crippen LogP contribution in [0.15, 0.2) is 121 Å². The molecule has 0 N–H and O–H groups in total. The van der Waals surface area contributed by atoms with E-state index in [1.165, 1.54) is 15.9 Å². The molecule has 0 saturated heterocycles. The number of carbonyl (C=O) groups excluding carboxylic acids is 1. The largest absolute Gasteiger partial charge is 0.290 e. The number of halogens is 1. The summed E-state index contributed by atoms with van der Waals surface area (Å²) in [6.07, 6.45) is 3.54. The highest BCUT2D eigenvalue weighted by Gasteiger charge is 2.29. The van der Waals surface area contributed by atoms with Crippen molar-refractivity contribution in [3.63, 3.8) is 0 Å². The summed E-state index contributed by atoms with van der Waals surface area (Å²) in [5, 5.41) is 5.04. The Balaban J connectivity index is 1.98. The van der Waals surface area contributed by atoms with Crippen LogP contribution >= 0.6 is 18.5 Å². The zero-order valence-corrected chi connectivity index (χ0v) is 19.5.